The van der Waals surface area contributed by atoms with E-state index >= 15 is 0 Å². The van der Waals surface area contributed by atoms with Gasteiger partial charge in [-0.15, -0.1) is 11.3 Å². The van der Waals surface area contributed by atoms with Gasteiger partial charge >= 0.3 is 0 Å². The Balaban J connectivity index is 1.46. The van der Waals surface area contributed by atoms with Crippen LogP contribution in [0.15, 0.2) is 40.6 Å². The van der Waals surface area contributed by atoms with Crippen LogP contribution in [-0.2, 0) is 16.6 Å². The summed E-state index contributed by atoms with van der Waals surface area (Å²) >= 11 is 8.01. The Morgan fingerprint density at radius 3 is 2.41 bits per heavy atom. The molecule has 2 aromatic rings. The van der Waals surface area contributed by atoms with Gasteiger partial charge in [-0.05, 0) is 42.5 Å². The summed E-state index contributed by atoms with van der Waals surface area (Å²) < 4.78 is 27.2. The van der Waals surface area contributed by atoms with Crippen molar-refractivity contribution >= 4 is 38.9 Å². The number of sulfonamides is 1. The molecule has 0 saturated carbocycles. The number of benzene rings is 1. The van der Waals surface area contributed by atoms with Crippen LogP contribution in [0.3, 0.4) is 0 Å². The van der Waals surface area contributed by atoms with Crippen LogP contribution >= 0.6 is 22.9 Å². The Kier molecular flexibility index (Phi) is 6.27. The quantitative estimate of drug-likeness (QED) is 0.697. The Labute approximate surface area is 180 Å². The molecule has 1 amide bonds. The molecule has 6 nitrogen and oxygen atoms in total. The lowest BCUT2D eigenvalue weighted by Gasteiger charge is -2.34. The summed E-state index contributed by atoms with van der Waals surface area (Å²) in [5, 5.41) is 2.36. The van der Waals surface area contributed by atoms with Gasteiger partial charge < -0.3 is 4.90 Å². The minimum atomic E-state index is -3.58. The van der Waals surface area contributed by atoms with E-state index in [0.717, 1.165) is 32.5 Å². The lowest BCUT2D eigenvalue weighted by molar-refractivity contribution is 0.0629. The van der Waals surface area contributed by atoms with Crippen LogP contribution < -0.4 is 0 Å². The summed E-state index contributed by atoms with van der Waals surface area (Å²) in [6, 6.07) is 8.62. The third-order valence-corrected chi connectivity index (χ3v) is 8.58. The molecule has 0 aliphatic carbocycles. The fraction of sp³-hybridized carbons (Fsp3) is 0.450. The number of piperazine rings is 1. The number of nitrogens with zero attached hydrogens (tertiary/aromatic N) is 3. The summed E-state index contributed by atoms with van der Waals surface area (Å²) in [4.78, 5) is 18.6. The van der Waals surface area contributed by atoms with E-state index in [9.17, 15) is 13.2 Å². The highest BCUT2D eigenvalue weighted by Crippen LogP contribution is 2.26. The molecular formula is C20H24ClN3O3S2. The van der Waals surface area contributed by atoms with E-state index in [0.29, 0.717) is 26.2 Å². The first-order valence-corrected chi connectivity index (χ1v) is 12.5. The first-order valence-electron chi connectivity index (χ1n) is 9.79. The average molecular weight is 454 g/mol. The number of amides is 1. The van der Waals surface area contributed by atoms with E-state index < -0.39 is 10.0 Å². The van der Waals surface area contributed by atoms with Gasteiger partial charge in [-0.3, -0.25) is 9.69 Å². The van der Waals surface area contributed by atoms with Crippen molar-refractivity contribution in [3.63, 3.8) is 0 Å². The van der Waals surface area contributed by atoms with Crippen LogP contribution in [0.5, 0.6) is 0 Å². The summed E-state index contributed by atoms with van der Waals surface area (Å²) in [5.74, 6) is -0.204. The van der Waals surface area contributed by atoms with Crippen molar-refractivity contribution in [1.29, 1.82) is 0 Å². The minimum absolute atomic E-state index is 0.142. The first kappa shape index (κ1) is 20.8. The van der Waals surface area contributed by atoms with Crippen LogP contribution in [0.25, 0.3) is 0 Å². The Morgan fingerprint density at radius 2 is 1.76 bits per heavy atom. The smallest absolute Gasteiger partial charge is 0.255 e. The van der Waals surface area contributed by atoms with Crippen molar-refractivity contribution in [2.45, 2.75) is 24.3 Å². The number of carbonyl (C=O) groups excluding carboxylic acids is 1. The number of halogens is 1. The zero-order chi connectivity index (χ0) is 20.4. The molecule has 3 heterocycles. The van der Waals surface area contributed by atoms with Crippen molar-refractivity contribution in [2.75, 3.05) is 39.3 Å². The second-order valence-electron chi connectivity index (χ2n) is 7.40. The minimum Gasteiger partial charge on any atom is -0.336 e. The molecule has 0 bridgehead atoms. The summed E-state index contributed by atoms with van der Waals surface area (Å²) in [6.45, 7) is 4.72. The topological polar surface area (TPSA) is 60.9 Å². The van der Waals surface area contributed by atoms with E-state index in [2.05, 4.69) is 16.3 Å². The van der Waals surface area contributed by atoms with Gasteiger partial charge in [0.15, 0.2) is 0 Å². The highest BCUT2D eigenvalue weighted by molar-refractivity contribution is 7.89. The standard InChI is InChI=1S/C20H24ClN3O3S2/c21-19-6-5-17(29(26,27)24-7-1-2-8-24)14-18(19)20(25)23-11-9-22(10-12-23)15-16-4-3-13-28-16/h3-6,13-14H,1-2,7-12,15H2. The van der Waals surface area contributed by atoms with Gasteiger partial charge in [-0.1, -0.05) is 17.7 Å². The number of hydrogen-bond donors (Lipinski definition) is 0. The molecule has 0 atom stereocenters. The van der Waals surface area contributed by atoms with E-state index in [1.165, 1.54) is 27.4 Å². The van der Waals surface area contributed by atoms with Gasteiger partial charge in [0.1, 0.15) is 0 Å². The highest BCUT2D eigenvalue weighted by Gasteiger charge is 2.30. The van der Waals surface area contributed by atoms with Gasteiger partial charge in [0.05, 0.1) is 15.5 Å². The number of thiophene rings is 1. The SMILES string of the molecule is O=C(c1cc(S(=O)(=O)N2CCCC2)ccc1Cl)N1CCN(Cc2cccs2)CC1. The summed E-state index contributed by atoms with van der Waals surface area (Å²) in [5.41, 5.74) is 0.263. The van der Waals surface area contributed by atoms with Gasteiger partial charge in [0.25, 0.3) is 5.91 Å². The predicted molar refractivity (Wildman–Crippen MR) is 115 cm³/mol. The molecule has 0 radical (unpaired) electrons. The van der Waals surface area contributed by atoms with E-state index in [1.807, 2.05) is 6.07 Å². The second-order valence-corrected chi connectivity index (χ2v) is 10.8. The summed E-state index contributed by atoms with van der Waals surface area (Å²) in [6.07, 6.45) is 1.74. The molecule has 0 spiro atoms. The largest absolute Gasteiger partial charge is 0.336 e. The van der Waals surface area contributed by atoms with Crippen LogP contribution in [0.2, 0.25) is 5.02 Å². The molecule has 1 aromatic carbocycles. The van der Waals surface area contributed by atoms with Crippen LogP contribution in [-0.4, -0.2) is 67.7 Å². The van der Waals surface area contributed by atoms with Crippen molar-refractivity contribution in [2.24, 2.45) is 0 Å². The fourth-order valence-corrected chi connectivity index (χ4v) is 6.30. The van der Waals surface area contributed by atoms with Crippen molar-refractivity contribution in [1.82, 2.24) is 14.1 Å². The molecule has 29 heavy (non-hydrogen) atoms. The van der Waals surface area contributed by atoms with Crippen LogP contribution in [0, 0.1) is 0 Å². The molecule has 156 valence electrons. The molecule has 4 rings (SSSR count). The van der Waals surface area contributed by atoms with Crippen molar-refractivity contribution in [3.8, 4) is 0 Å². The third kappa shape index (κ3) is 4.51. The Hall–Kier alpha value is -1.45. The maximum Gasteiger partial charge on any atom is 0.255 e. The van der Waals surface area contributed by atoms with Crippen molar-refractivity contribution in [3.05, 3.63) is 51.2 Å². The first-order chi connectivity index (χ1) is 13.9. The van der Waals surface area contributed by atoms with Crippen LogP contribution in [0.1, 0.15) is 28.1 Å². The fourth-order valence-electron chi connectivity index (χ4n) is 3.81. The average Bonchev–Trinajstić information content (AvgIpc) is 3.43. The number of hydrogen-bond acceptors (Lipinski definition) is 5. The number of carbonyl (C=O) groups is 1. The lowest BCUT2D eigenvalue weighted by Crippen LogP contribution is -2.48. The second kappa shape index (κ2) is 8.73. The van der Waals surface area contributed by atoms with Gasteiger partial charge in [0, 0.05) is 50.7 Å². The monoisotopic (exact) mass is 453 g/mol. The molecule has 0 N–H and O–H groups in total. The third-order valence-electron chi connectivity index (χ3n) is 5.49. The maximum atomic E-state index is 13.1. The summed E-state index contributed by atoms with van der Waals surface area (Å²) in [7, 11) is -3.58. The highest BCUT2D eigenvalue weighted by atomic mass is 35.5. The van der Waals surface area contributed by atoms with Crippen molar-refractivity contribution < 1.29 is 13.2 Å². The molecule has 9 heteroatoms. The molecule has 2 aliphatic rings. The van der Waals surface area contributed by atoms with Crippen LogP contribution in [0.4, 0.5) is 0 Å². The lowest BCUT2D eigenvalue weighted by atomic mass is 10.1. The Morgan fingerprint density at radius 1 is 1.03 bits per heavy atom. The predicted octanol–water partition coefficient (Wildman–Crippen LogP) is 3.14. The molecule has 1 aromatic heterocycles. The molecule has 2 saturated heterocycles. The van der Waals surface area contributed by atoms with Gasteiger partial charge in [-0.2, -0.15) is 4.31 Å². The molecule has 2 aliphatic heterocycles. The van der Waals surface area contributed by atoms with Gasteiger partial charge in [0.2, 0.25) is 10.0 Å². The van der Waals surface area contributed by atoms with Gasteiger partial charge in [-0.25, -0.2) is 8.42 Å². The molecular weight excluding hydrogens is 430 g/mol. The normalized spacial score (nSPS) is 19.0. The molecule has 0 unspecified atom stereocenters. The zero-order valence-corrected chi connectivity index (χ0v) is 18.5. The maximum absolute atomic E-state index is 13.1. The Bertz CT molecular complexity index is 965. The number of rotatable bonds is 5. The van der Waals surface area contributed by atoms with E-state index in [4.69, 9.17) is 11.6 Å². The van der Waals surface area contributed by atoms with E-state index in [-0.39, 0.29) is 21.4 Å². The van der Waals surface area contributed by atoms with E-state index in [1.54, 1.807) is 16.2 Å². The zero-order valence-electron chi connectivity index (χ0n) is 16.1. The molecule has 2 fully saturated rings.